The highest BCUT2D eigenvalue weighted by molar-refractivity contribution is 5.93. The van der Waals surface area contributed by atoms with E-state index >= 15 is 0 Å². The average Bonchev–Trinajstić information content (AvgIpc) is 2.35. The van der Waals surface area contributed by atoms with Crippen LogP contribution in [0.1, 0.15) is 42.1 Å². The maximum Gasteiger partial charge on any atom is 0.335 e. The van der Waals surface area contributed by atoms with Crippen molar-refractivity contribution < 1.29 is 19.4 Å². The molecule has 1 amide bonds. The normalized spacial score (nSPS) is 20.7. The molecule has 5 nitrogen and oxygen atoms in total. The molecule has 0 aliphatic heterocycles. The summed E-state index contributed by atoms with van der Waals surface area (Å²) in [4.78, 5) is 22.9. The second-order valence-electron chi connectivity index (χ2n) is 5.50. The van der Waals surface area contributed by atoms with E-state index in [0.29, 0.717) is 29.7 Å². The minimum atomic E-state index is -0.957. The van der Waals surface area contributed by atoms with Gasteiger partial charge in [0.25, 0.3) is 0 Å². The van der Waals surface area contributed by atoms with Gasteiger partial charge in [-0.05, 0) is 56.4 Å². The third-order valence-corrected chi connectivity index (χ3v) is 3.81. The van der Waals surface area contributed by atoms with E-state index in [9.17, 15) is 9.59 Å². The van der Waals surface area contributed by atoms with Crippen LogP contribution in [0.4, 0.5) is 5.69 Å². The predicted octanol–water partition coefficient (Wildman–Crippen LogP) is 2.84. The number of carbonyl (C=O) groups excluding carboxylic acids is 1. The number of hydrogen-bond donors (Lipinski definition) is 2. The quantitative estimate of drug-likeness (QED) is 0.845. The first-order valence-corrected chi connectivity index (χ1v) is 7.25. The Bertz CT molecular complexity index is 535. The van der Waals surface area contributed by atoms with Crippen LogP contribution in [-0.4, -0.2) is 29.7 Å². The van der Waals surface area contributed by atoms with Crippen LogP contribution < -0.4 is 5.32 Å². The fraction of sp³-hybridized carbons (Fsp3) is 0.500. The summed E-state index contributed by atoms with van der Waals surface area (Å²) in [5, 5.41) is 11.8. The Morgan fingerprint density at radius 3 is 2.67 bits per heavy atom. The molecule has 0 bridgehead atoms. The fourth-order valence-corrected chi connectivity index (χ4v) is 2.67. The Hall–Kier alpha value is -1.88. The van der Waals surface area contributed by atoms with Gasteiger partial charge >= 0.3 is 5.97 Å². The number of anilines is 1. The molecule has 114 valence electrons. The highest BCUT2D eigenvalue weighted by atomic mass is 16.5. The van der Waals surface area contributed by atoms with Gasteiger partial charge in [0.2, 0.25) is 5.91 Å². The third kappa shape index (κ3) is 4.04. The molecule has 2 N–H and O–H groups in total. The van der Waals surface area contributed by atoms with Crippen LogP contribution in [0.3, 0.4) is 0 Å². The van der Waals surface area contributed by atoms with E-state index in [1.54, 1.807) is 19.1 Å². The molecule has 0 spiro atoms. The van der Waals surface area contributed by atoms with Crippen LogP contribution in [0.5, 0.6) is 0 Å². The minimum absolute atomic E-state index is 0.0302. The third-order valence-electron chi connectivity index (χ3n) is 3.81. The van der Waals surface area contributed by atoms with Crippen molar-refractivity contribution in [2.24, 2.45) is 5.92 Å². The van der Waals surface area contributed by atoms with Crippen molar-refractivity contribution in [3.8, 4) is 0 Å². The Morgan fingerprint density at radius 2 is 2.10 bits per heavy atom. The topological polar surface area (TPSA) is 75.6 Å². The Kier molecular flexibility index (Phi) is 4.96. The first kappa shape index (κ1) is 15.5. The van der Waals surface area contributed by atoms with E-state index in [2.05, 4.69) is 5.32 Å². The number of carbonyl (C=O) groups is 2. The van der Waals surface area contributed by atoms with Gasteiger partial charge in [-0.25, -0.2) is 4.79 Å². The predicted molar refractivity (Wildman–Crippen MR) is 79.5 cm³/mol. The second kappa shape index (κ2) is 6.72. The Labute approximate surface area is 124 Å². The van der Waals surface area contributed by atoms with Crippen LogP contribution in [0.2, 0.25) is 0 Å². The number of carboxylic acid groups (broad SMARTS) is 1. The molecule has 1 saturated carbocycles. The lowest BCUT2D eigenvalue weighted by atomic mass is 9.80. The van der Waals surface area contributed by atoms with Gasteiger partial charge in [0, 0.05) is 18.7 Å². The zero-order valence-corrected chi connectivity index (χ0v) is 12.4. The highest BCUT2D eigenvalue weighted by Crippen LogP contribution is 2.32. The van der Waals surface area contributed by atoms with Crippen LogP contribution in [0.25, 0.3) is 0 Å². The van der Waals surface area contributed by atoms with Gasteiger partial charge < -0.3 is 15.2 Å². The summed E-state index contributed by atoms with van der Waals surface area (Å²) in [7, 11) is 0. The smallest absolute Gasteiger partial charge is 0.335 e. The van der Waals surface area contributed by atoms with Gasteiger partial charge in [-0.2, -0.15) is 0 Å². The van der Waals surface area contributed by atoms with E-state index in [1.807, 2.05) is 6.92 Å². The number of nitrogens with one attached hydrogen (secondary N) is 1. The number of ether oxygens (including phenoxy) is 1. The van der Waals surface area contributed by atoms with Gasteiger partial charge in [-0.3, -0.25) is 4.79 Å². The molecule has 0 aromatic heterocycles. The molecule has 0 unspecified atom stereocenters. The summed E-state index contributed by atoms with van der Waals surface area (Å²) in [6, 6.07) is 4.82. The van der Waals surface area contributed by atoms with E-state index in [0.717, 1.165) is 19.4 Å². The number of benzene rings is 1. The van der Waals surface area contributed by atoms with Crippen molar-refractivity contribution in [1.29, 1.82) is 0 Å². The zero-order chi connectivity index (χ0) is 15.4. The molecule has 5 heteroatoms. The van der Waals surface area contributed by atoms with Crippen molar-refractivity contribution >= 4 is 17.6 Å². The van der Waals surface area contributed by atoms with Crippen LogP contribution in [-0.2, 0) is 9.53 Å². The number of aromatic carboxylic acids is 1. The molecule has 1 aliphatic carbocycles. The van der Waals surface area contributed by atoms with Gasteiger partial charge in [0.05, 0.1) is 11.7 Å². The summed E-state index contributed by atoms with van der Waals surface area (Å²) in [6.45, 7) is 4.42. The molecule has 0 atom stereocenters. The molecule has 1 aliphatic rings. The van der Waals surface area contributed by atoms with Crippen LogP contribution in [0, 0.1) is 12.8 Å². The molecule has 1 fully saturated rings. The van der Waals surface area contributed by atoms with Crippen molar-refractivity contribution in [1.82, 2.24) is 0 Å². The summed E-state index contributed by atoms with van der Waals surface area (Å²) < 4.78 is 5.47. The maximum absolute atomic E-state index is 11.9. The van der Waals surface area contributed by atoms with Crippen LogP contribution in [0.15, 0.2) is 18.2 Å². The lowest BCUT2D eigenvalue weighted by Crippen LogP contribution is -2.33. The lowest BCUT2D eigenvalue weighted by molar-refractivity contribution is -0.119. The van der Waals surface area contributed by atoms with E-state index in [4.69, 9.17) is 9.84 Å². The largest absolute Gasteiger partial charge is 0.478 e. The Balaban J connectivity index is 1.83. The summed E-state index contributed by atoms with van der Waals surface area (Å²) >= 11 is 0. The SMILES string of the molecule is CCOC1CC(CC(=O)Nc2ccc(C(=O)O)c(C)c2)C1. The molecular weight excluding hydrogens is 270 g/mol. The van der Waals surface area contributed by atoms with E-state index in [1.165, 1.54) is 6.07 Å². The number of carboxylic acids is 1. The second-order valence-corrected chi connectivity index (χ2v) is 5.50. The molecule has 2 rings (SSSR count). The number of amides is 1. The lowest BCUT2D eigenvalue weighted by Gasteiger charge is -2.34. The van der Waals surface area contributed by atoms with Crippen molar-refractivity contribution in [3.63, 3.8) is 0 Å². The molecule has 21 heavy (non-hydrogen) atoms. The molecular formula is C16H21NO4. The molecule has 1 aromatic rings. The van der Waals surface area contributed by atoms with Gasteiger partial charge in [-0.1, -0.05) is 0 Å². The number of aryl methyl sites for hydroxylation is 1. The fourth-order valence-electron chi connectivity index (χ4n) is 2.67. The van der Waals surface area contributed by atoms with Gasteiger partial charge in [0.15, 0.2) is 0 Å². The Morgan fingerprint density at radius 1 is 1.38 bits per heavy atom. The standard InChI is InChI=1S/C16H21NO4/c1-3-21-13-7-11(8-13)9-15(18)17-12-4-5-14(16(19)20)10(2)6-12/h4-6,11,13H,3,7-9H2,1-2H3,(H,17,18)(H,19,20). The highest BCUT2D eigenvalue weighted by Gasteiger charge is 2.31. The van der Waals surface area contributed by atoms with Gasteiger partial charge in [0.1, 0.15) is 0 Å². The first-order valence-electron chi connectivity index (χ1n) is 7.25. The molecule has 1 aromatic carbocycles. The van der Waals surface area contributed by atoms with Crippen molar-refractivity contribution in [3.05, 3.63) is 29.3 Å². The first-order chi connectivity index (χ1) is 9.99. The number of rotatable bonds is 6. The van der Waals surface area contributed by atoms with E-state index in [-0.39, 0.29) is 11.5 Å². The van der Waals surface area contributed by atoms with Crippen molar-refractivity contribution in [2.45, 2.75) is 39.2 Å². The minimum Gasteiger partial charge on any atom is -0.478 e. The van der Waals surface area contributed by atoms with Crippen LogP contribution >= 0.6 is 0 Å². The number of hydrogen-bond acceptors (Lipinski definition) is 3. The average molecular weight is 291 g/mol. The molecule has 0 radical (unpaired) electrons. The maximum atomic E-state index is 11.9. The zero-order valence-electron chi connectivity index (χ0n) is 12.4. The molecule has 0 saturated heterocycles. The monoisotopic (exact) mass is 291 g/mol. The summed E-state index contributed by atoms with van der Waals surface area (Å²) in [5.41, 5.74) is 1.54. The molecule has 0 heterocycles. The van der Waals surface area contributed by atoms with E-state index < -0.39 is 5.97 Å². The van der Waals surface area contributed by atoms with Crippen molar-refractivity contribution in [2.75, 3.05) is 11.9 Å². The summed E-state index contributed by atoms with van der Waals surface area (Å²) in [5.74, 6) is -0.597. The summed E-state index contributed by atoms with van der Waals surface area (Å²) in [6.07, 6.45) is 2.68. The van der Waals surface area contributed by atoms with Gasteiger partial charge in [-0.15, -0.1) is 0 Å².